The highest BCUT2D eigenvalue weighted by Gasteiger charge is 2.37. The molecule has 1 unspecified atom stereocenters. The van der Waals surface area contributed by atoms with Crippen LogP contribution in [0.1, 0.15) is 57.8 Å². The van der Waals surface area contributed by atoms with E-state index < -0.39 is 0 Å². The molecule has 1 saturated carbocycles. The SMILES string of the molecule is Cn1c(=O)n(CCC2CCOC3(CCCCCC3)C2)c(=O)c2ccncc21. The number of pyridine rings is 1. The lowest BCUT2D eigenvalue weighted by molar-refractivity contribution is -0.107. The zero-order valence-corrected chi connectivity index (χ0v) is 16.2. The summed E-state index contributed by atoms with van der Waals surface area (Å²) in [5.41, 5.74) is 0.181. The minimum absolute atomic E-state index is 0.0460. The van der Waals surface area contributed by atoms with E-state index in [0.29, 0.717) is 23.4 Å². The third-order valence-electron chi connectivity index (χ3n) is 6.53. The van der Waals surface area contributed by atoms with E-state index in [2.05, 4.69) is 4.98 Å². The van der Waals surface area contributed by atoms with Gasteiger partial charge >= 0.3 is 5.69 Å². The molecule has 2 aliphatic rings. The summed E-state index contributed by atoms with van der Waals surface area (Å²) in [6.45, 7) is 1.28. The van der Waals surface area contributed by atoms with Crippen molar-refractivity contribution in [3.8, 4) is 0 Å². The van der Waals surface area contributed by atoms with Crippen molar-refractivity contribution in [3.05, 3.63) is 39.3 Å². The second-order valence-electron chi connectivity index (χ2n) is 8.28. The normalized spacial score (nSPS) is 22.8. The molecule has 2 aromatic rings. The molecule has 27 heavy (non-hydrogen) atoms. The standard InChI is InChI=1S/C21H29N3O3/c1-23-18-15-22-11-6-17(18)19(25)24(20(23)26)12-7-16-8-13-27-21(14-16)9-4-2-3-5-10-21/h6,11,15-16H,2-5,7-10,12-14H2,1H3. The number of aryl methyl sites for hydroxylation is 1. The van der Waals surface area contributed by atoms with Crippen LogP contribution in [-0.2, 0) is 18.3 Å². The molecule has 1 saturated heterocycles. The molecule has 0 radical (unpaired) electrons. The van der Waals surface area contributed by atoms with Gasteiger partial charge in [-0.1, -0.05) is 25.7 Å². The zero-order valence-electron chi connectivity index (χ0n) is 16.2. The molecule has 0 N–H and O–H groups in total. The van der Waals surface area contributed by atoms with Crippen LogP contribution in [0, 0.1) is 5.92 Å². The number of hydrogen-bond donors (Lipinski definition) is 0. The Hall–Kier alpha value is -1.95. The number of rotatable bonds is 3. The van der Waals surface area contributed by atoms with Crippen molar-refractivity contribution in [1.29, 1.82) is 0 Å². The smallest absolute Gasteiger partial charge is 0.331 e. The molecule has 1 atom stereocenters. The predicted octanol–water partition coefficient (Wildman–Crippen LogP) is 3.00. The summed E-state index contributed by atoms with van der Waals surface area (Å²) in [7, 11) is 1.71. The fraction of sp³-hybridized carbons (Fsp3) is 0.667. The van der Waals surface area contributed by atoms with Crippen LogP contribution in [0.4, 0.5) is 0 Å². The minimum atomic E-state index is -0.253. The maximum absolute atomic E-state index is 12.8. The summed E-state index contributed by atoms with van der Waals surface area (Å²) in [6.07, 6.45) is 13.6. The van der Waals surface area contributed by atoms with E-state index in [1.807, 2.05) is 0 Å². The van der Waals surface area contributed by atoms with Gasteiger partial charge in [-0.25, -0.2) is 4.79 Å². The minimum Gasteiger partial charge on any atom is -0.375 e. The Morgan fingerprint density at radius 3 is 2.78 bits per heavy atom. The summed E-state index contributed by atoms with van der Waals surface area (Å²) in [6, 6.07) is 1.70. The molecule has 1 aliphatic carbocycles. The van der Waals surface area contributed by atoms with Crippen LogP contribution in [0.15, 0.2) is 28.0 Å². The van der Waals surface area contributed by atoms with Crippen molar-refractivity contribution in [2.45, 2.75) is 69.9 Å². The number of fused-ring (bicyclic) bond motifs is 1. The van der Waals surface area contributed by atoms with Gasteiger partial charge in [0.15, 0.2) is 0 Å². The first kappa shape index (κ1) is 18.4. The van der Waals surface area contributed by atoms with Gasteiger partial charge in [0.05, 0.1) is 22.7 Å². The predicted molar refractivity (Wildman–Crippen MR) is 105 cm³/mol. The van der Waals surface area contributed by atoms with Gasteiger partial charge in [0, 0.05) is 26.4 Å². The van der Waals surface area contributed by atoms with Crippen molar-refractivity contribution >= 4 is 10.9 Å². The summed E-state index contributed by atoms with van der Waals surface area (Å²) < 4.78 is 9.18. The maximum Gasteiger partial charge on any atom is 0.331 e. The van der Waals surface area contributed by atoms with Crippen LogP contribution in [0.2, 0.25) is 0 Å². The van der Waals surface area contributed by atoms with Gasteiger partial charge in [0.1, 0.15) is 0 Å². The molecule has 0 amide bonds. The van der Waals surface area contributed by atoms with Crippen LogP contribution in [0.5, 0.6) is 0 Å². The summed E-state index contributed by atoms with van der Waals surface area (Å²) in [5.74, 6) is 0.515. The fourth-order valence-corrected chi connectivity index (χ4v) is 4.96. The maximum atomic E-state index is 12.8. The van der Waals surface area contributed by atoms with Crippen molar-refractivity contribution in [3.63, 3.8) is 0 Å². The Labute approximate surface area is 159 Å². The van der Waals surface area contributed by atoms with E-state index in [9.17, 15) is 9.59 Å². The molecule has 0 aromatic carbocycles. The van der Waals surface area contributed by atoms with Crippen LogP contribution >= 0.6 is 0 Å². The van der Waals surface area contributed by atoms with Gasteiger partial charge in [-0.2, -0.15) is 0 Å². The number of hydrogen-bond acceptors (Lipinski definition) is 4. The summed E-state index contributed by atoms with van der Waals surface area (Å²) >= 11 is 0. The Morgan fingerprint density at radius 1 is 1.22 bits per heavy atom. The molecule has 4 rings (SSSR count). The number of aromatic nitrogens is 3. The van der Waals surface area contributed by atoms with Gasteiger partial charge in [0.2, 0.25) is 0 Å². The van der Waals surface area contributed by atoms with E-state index in [-0.39, 0.29) is 16.9 Å². The van der Waals surface area contributed by atoms with Crippen LogP contribution in [0.3, 0.4) is 0 Å². The largest absolute Gasteiger partial charge is 0.375 e. The van der Waals surface area contributed by atoms with E-state index >= 15 is 0 Å². The summed E-state index contributed by atoms with van der Waals surface area (Å²) in [5, 5.41) is 0.555. The average molecular weight is 371 g/mol. The molecule has 2 aromatic heterocycles. The topological polar surface area (TPSA) is 66.1 Å². The Bertz CT molecular complexity index is 922. The number of nitrogens with zero attached hydrogens (tertiary/aromatic N) is 3. The first-order valence-corrected chi connectivity index (χ1v) is 10.3. The van der Waals surface area contributed by atoms with Gasteiger partial charge in [-0.05, 0) is 44.1 Å². The van der Waals surface area contributed by atoms with Crippen molar-refractivity contribution in [2.24, 2.45) is 13.0 Å². The molecule has 1 spiro atoms. The van der Waals surface area contributed by atoms with E-state index in [4.69, 9.17) is 4.74 Å². The van der Waals surface area contributed by atoms with Crippen molar-refractivity contribution in [2.75, 3.05) is 6.61 Å². The molecule has 2 fully saturated rings. The molecule has 6 heteroatoms. The third kappa shape index (κ3) is 3.59. The molecule has 3 heterocycles. The zero-order chi connectivity index (χ0) is 18.9. The Morgan fingerprint density at radius 2 is 2.00 bits per heavy atom. The second kappa shape index (κ2) is 7.58. The van der Waals surface area contributed by atoms with Gasteiger partial charge in [-0.15, -0.1) is 0 Å². The molecule has 6 nitrogen and oxygen atoms in total. The lowest BCUT2D eigenvalue weighted by Gasteiger charge is -2.41. The molecular formula is C21H29N3O3. The van der Waals surface area contributed by atoms with E-state index in [1.54, 1.807) is 25.5 Å². The van der Waals surface area contributed by atoms with Crippen LogP contribution in [-0.4, -0.2) is 26.3 Å². The first-order valence-electron chi connectivity index (χ1n) is 10.3. The lowest BCUT2D eigenvalue weighted by atomic mass is 9.79. The molecule has 1 aliphatic heterocycles. The fourth-order valence-electron chi connectivity index (χ4n) is 4.96. The quantitative estimate of drug-likeness (QED) is 0.832. The van der Waals surface area contributed by atoms with E-state index in [0.717, 1.165) is 38.7 Å². The second-order valence-corrected chi connectivity index (χ2v) is 8.28. The first-order chi connectivity index (χ1) is 13.1. The highest BCUT2D eigenvalue weighted by Crippen LogP contribution is 2.40. The van der Waals surface area contributed by atoms with Crippen molar-refractivity contribution < 1.29 is 4.74 Å². The monoisotopic (exact) mass is 371 g/mol. The molecule has 146 valence electrons. The Kier molecular flexibility index (Phi) is 5.17. The van der Waals surface area contributed by atoms with Gasteiger partial charge < -0.3 is 4.74 Å². The van der Waals surface area contributed by atoms with Gasteiger partial charge in [-0.3, -0.25) is 18.9 Å². The molecular weight excluding hydrogens is 342 g/mol. The molecule has 0 bridgehead atoms. The van der Waals surface area contributed by atoms with Gasteiger partial charge in [0.25, 0.3) is 5.56 Å². The van der Waals surface area contributed by atoms with E-state index in [1.165, 1.54) is 34.8 Å². The third-order valence-corrected chi connectivity index (χ3v) is 6.53. The lowest BCUT2D eigenvalue weighted by Crippen LogP contribution is -2.42. The Balaban J connectivity index is 1.53. The highest BCUT2D eigenvalue weighted by molar-refractivity contribution is 5.76. The number of ether oxygens (including phenoxy) is 1. The van der Waals surface area contributed by atoms with Crippen LogP contribution in [0.25, 0.3) is 10.9 Å². The summed E-state index contributed by atoms with van der Waals surface area (Å²) in [4.78, 5) is 29.5. The van der Waals surface area contributed by atoms with Crippen LogP contribution < -0.4 is 11.2 Å². The highest BCUT2D eigenvalue weighted by atomic mass is 16.5. The van der Waals surface area contributed by atoms with Crippen molar-refractivity contribution in [1.82, 2.24) is 14.1 Å². The average Bonchev–Trinajstić information content (AvgIpc) is 2.91.